The van der Waals surface area contributed by atoms with Crippen LogP contribution in [0.4, 0.5) is 0 Å². The molecule has 0 atom stereocenters. The Balaban J connectivity index is 2.13. The van der Waals surface area contributed by atoms with Crippen LogP contribution in [0.25, 0.3) is 11.0 Å². The number of hydrogen-bond donors (Lipinski definition) is 1. The Morgan fingerprint density at radius 2 is 2.06 bits per heavy atom. The van der Waals surface area contributed by atoms with E-state index in [-0.39, 0.29) is 0 Å². The van der Waals surface area contributed by atoms with Gasteiger partial charge in [0.2, 0.25) is 0 Å². The van der Waals surface area contributed by atoms with Gasteiger partial charge in [-0.05, 0) is 70.3 Å². The number of nitrogens with zero attached hydrogens (tertiary/aromatic N) is 2. The summed E-state index contributed by atoms with van der Waals surface area (Å²) in [6.07, 6.45) is 2.36. The minimum Gasteiger partial charge on any atom is -0.331 e. The van der Waals surface area contributed by atoms with Gasteiger partial charge >= 0.3 is 0 Å². The highest BCUT2D eigenvalue weighted by Gasteiger charge is 2.04. The van der Waals surface area contributed by atoms with Crippen LogP contribution in [0.5, 0.6) is 0 Å². The molecule has 2 rings (SSSR count). The first-order valence-corrected chi connectivity index (χ1v) is 6.82. The van der Waals surface area contributed by atoms with Gasteiger partial charge in [-0.3, -0.25) is 0 Å². The number of unbranched alkanes of at least 4 members (excludes halogenated alkanes) is 1. The summed E-state index contributed by atoms with van der Waals surface area (Å²) in [6, 6.07) is 6.45. The molecule has 3 nitrogen and oxygen atoms in total. The predicted octanol–water partition coefficient (Wildman–Crippen LogP) is 3.35. The van der Waals surface area contributed by atoms with E-state index in [2.05, 4.69) is 53.7 Å². The van der Waals surface area contributed by atoms with Crippen LogP contribution in [0.15, 0.2) is 18.2 Å². The average molecular weight is 263 g/mol. The number of aromatic amines is 1. The van der Waals surface area contributed by atoms with Crippen molar-refractivity contribution in [1.29, 1.82) is 0 Å². The number of imidazole rings is 1. The Hall–Kier alpha value is -1.13. The summed E-state index contributed by atoms with van der Waals surface area (Å²) >= 11 is 5.39. The summed E-state index contributed by atoms with van der Waals surface area (Å²) in [4.78, 5) is 5.51. The fraction of sp³-hybridized carbons (Fsp3) is 0.500. The van der Waals surface area contributed by atoms with E-state index >= 15 is 0 Å². The Labute approximate surface area is 113 Å². The van der Waals surface area contributed by atoms with E-state index < -0.39 is 0 Å². The van der Waals surface area contributed by atoms with Crippen molar-refractivity contribution in [2.45, 2.75) is 26.3 Å². The lowest BCUT2D eigenvalue weighted by atomic mass is 10.2. The minimum atomic E-state index is 0.834. The zero-order chi connectivity index (χ0) is 13.1. The van der Waals surface area contributed by atoms with Crippen molar-refractivity contribution in [2.24, 2.45) is 0 Å². The zero-order valence-electron chi connectivity index (χ0n) is 11.4. The second-order valence-electron chi connectivity index (χ2n) is 5.11. The largest absolute Gasteiger partial charge is 0.331 e. The lowest BCUT2D eigenvalue weighted by Gasteiger charge is -2.09. The Morgan fingerprint density at radius 3 is 2.78 bits per heavy atom. The number of fused-ring (bicyclic) bond motifs is 1. The van der Waals surface area contributed by atoms with Gasteiger partial charge in [0.05, 0.1) is 11.0 Å². The number of rotatable bonds is 5. The lowest BCUT2D eigenvalue weighted by Crippen LogP contribution is -2.13. The summed E-state index contributed by atoms with van der Waals surface area (Å²) in [7, 11) is 4.22. The molecule has 1 N–H and O–H groups in total. The van der Waals surface area contributed by atoms with Gasteiger partial charge in [-0.25, -0.2) is 0 Å². The second kappa shape index (κ2) is 5.67. The van der Waals surface area contributed by atoms with E-state index in [0.29, 0.717) is 0 Å². The molecule has 0 spiro atoms. The first-order chi connectivity index (χ1) is 8.58. The molecule has 0 radical (unpaired) electrons. The van der Waals surface area contributed by atoms with Gasteiger partial charge in [0.25, 0.3) is 0 Å². The summed E-state index contributed by atoms with van der Waals surface area (Å²) < 4.78 is 3.04. The van der Waals surface area contributed by atoms with Gasteiger partial charge in [0.15, 0.2) is 4.77 Å². The Kier molecular flexibility index (Phi) is 4.19. The normalized spacial score (nSPS) is 11.6. The van der Waals surface area contributed by atoms with Crippen LogP contribution in [0, 0.1) is 11.7 Å². The molecule has 1 heterocycles. The summed E-state index contributed by atoms with van der Waals surface area (Å²) in [5.41, 5.74) is 3.63. The average Bonchev–Trinajstić information content (AvgIpc) is 2.59. The highest BCUT2D eigenvalue weighted by molar-refractivity contribution is 7.71. The number of benzene rings is 1. The first kappa shape index (κ1) is 13.3. The third-order valence-corrected chi connectivity index (χ3v) is 3.49. The van der Waals surface area contributed by atoms with Crippen LogP contribution >= 0.6 is 12.2 Å². The van der Waals surface area contributed by atoms with Gasteiger partial charge in [0.1, 0.15) is 0 Å². The molecule has 18 heavy (non-hydrogen) atoms. The maximum atomic E-state index is 5.39. The van der Waals surface area contributed by atoms with Gasteiger partial charge in [-0.2, -0.15) is 0 Å². The lowest BCUT2D eigenvalue weighted by molar-refractivity contribution is 0.388. The maximum absolute atomic E-state index is 5.39. The first-order valence-electron chi connectivity index (χ1n) is 6.42. The van der Waals surface area contributed by atoms with Gasteiger partial charge in [0, 0.05) is 6.54 Å². The molecule has 1 aromatic heterocycles. The monoisotopic (exact) mass is 263 g/mol. The van der Waals surface area contributed by atoms with Crippen molar-refractivity contribution in [3.8, 4) is 0 Å². The number of H-pyrrole nitrogens is 1. The van der Waals surface area contributed by atoms with E-state index in [1.54, 1.807) is 0 Å². The fourth-order valence-electron chi connectivity index (χ4n) is 2.20. The third kappa shape index (κ3) is 3.00. The summed E-state index contributed by atoms with van der Waals surface area (Å²) in [6.45, 7) is 4.23. The highest BCUT2D eigenvalue weighted by atomic mass is 32.1. The quantitative estimate of drug-likeness (QED) is 0.661. The van der Waals surface area contributed by atoms with Crippen molar-refractivity contribution in [2.75, 3.05) is 20.6 Å². The van der Waals surface area contributed by atoms with Crippen molar-refractivity contribution >= 4 is 23.3 Å². The van der Waals surface area contributed by atoms with E-state index in [0.717, 1.165) is 29.8 Å². The molecular weight excluding hydrogens is 242 g/mol. The molecule has 0 bridgehead atoms. The number of nitrogens with one attached hydrogen (secondary N) is 1. The molecule has 0 unspecified atom stereocenters. The standard InChI is InChI=1S/C14H21N3S/c1-11-6-7-13-12(10-11)15-14(18)17(13)9-5-4-8-16(2)3/h6-7,10H,4-5,8-9H2,1-3H3,(H,15,18). The molecule has 2 aromatic rings. The van der Waals surface area contributed by atoms with E-state index in [9.17, 15) is 0 Å². The van der Waals surface area contributed by atoms with Crippen LogP contribution < -0.4 is 0 Å². The molecule has 0 amide bonds. The van der Waals surface area contributed by atoms with Crippen LogP contribution in [0.2, 0.25) is 0 Å². The molecule has 0 fully saturated rings. The van der Waals surface area contributed by atoms with E-state index in [1.165, 1.54) is 17.5 Å². The fourth-order valence-corrected chi connectivity index (χ4v) is 2.50. The Bertz CT molecular complexity index is 580. The third-order valence-electron chi connectivity index (χ3n) is 3.17. The smallest absolute Gasteiger partial charge is 0.178 e. The van der Waals surface area contributed by atoms with Crippen LogP contribution in [0.3, 0.4) is 0 Å². The van der Waals surface area contributed by atoms with Crippen LogP contribution in [-0.2, 0) is 6.54 Å². The van der Waals surface area contributed by atoms with Crippen LogP contribution in [0.1, 0.15) is 18.4 Å². The van der Waals surface area contributed by atoms with Crippen LogP contribution in [-0.4, -0.2) is 35.1 Å². The number of aryl methyl sites for hydroxylation is 2. The highest BCUT2D eigenvalue weighted by Crippen LogP contribution is 2.16. The molecule has 0 aliphatic carbocycles. The van der Waals surface area contributed by atoms with Crippen molar-refractivity contribution in [1.82, 2.24) is 14.5 Å². The second-order valence-corrected chi connectivity index (χ2v) is 5.50. The van der Waals surface area contributed by atoms with Gasteiger partial charge in [-0.1, -0.05) is 6.07 Å². The van der Waals surface area contributed by atoms with Crippen molar-refractivity contribution < 1.29 is 0 Å². The molecule has 1 aromatic carbocycles. The number of aromatic nitrogens is 2. The van der Waals surface area contributed by atoms with Gasteiger partial charge < -0.3 is 14.5 Å². The maximum Gasteiger partial charge on any atom is 0.178 e. The summed E-state index contributed by atoms with van der Waals surface area (Å²) in [5.74, 6) is 0. The summed E-state index contributed by atoms with van der Waals surface area (Å²) in [5, 5.41) is 0. The predicted molar refractivity (Wildman–Crippen MR) is 79.6 cm³/mol. The van der Waals surface area contributed by atoms with Gasteiger partial charge in [-0.15, -0.1) is 0 Å². The number of hydrogen-bond acceptors (Lipinski definition) is 2. The van der Waals surface area contributed by atoms with Crippen molar-refractivity contribution in [3.63, 3.8) is 0 Å². The molecule has 0 saturated heterocycles. The molecule has 98 valence electrons. The molecular formula is C14H21N3S. The van der Waals surface area contributed by atoms with Crippen molar-refractivity contribution in [3.05, 3.63) is 28.5 Å². The minimum absolute atomic E-state index is 0.834. The zero-order valence-corrected chi connectivity index (χ0v) is 12.2. The topological polar surface area (TPSA) is 24.0 Å². The molecule has 0 aliphatic heterocycles. The Morgan fingerprint density at radius 1 is 1.28 bits per heavy atom. The SMILES string of the molecule is Cc1ccc2c(c1)[nH]c(=S)n2CCCCN(C)C. The van der Waals surface area contributed by atoms with E-state index in [4.69, 9.17) is 12.2 Å². The van der Waals surface area contributed by atoms with E-state index in [1.807, 2.05) is 0 Å². The molecule has 4 heteroatoms. The molecule has 0 aliphatic rings. The molecule has 0 saturated carbocycles.